The highest BCUT2D eigenvalue weighted by atomic mass is 32.2. The van der Waals surface area contributed by atoms with Gasteiger partial charge in [-0.15, -0.1) is 11.8 Å². The summed E-state index contributed by atoms with van der Waals surface area (Å²) in [5.41, 5.74) is 7.93. The highest BCUT2D eigenvalue weighted by Gasteiger charge is 2.32. The number of rotatable bonds is 7. The van der Waals surface area contributed by atoms with Gasteiger partial charge in [0.15, 0.2) is 0 Å². The number of carbonyl (C=O) groups is 1. The van der Waals surface area contributed by atoms with Crippen LogP contribution < -0.4 is 11.1 Å². The molecule has 0 aliphatic heterocycles. The van der Waals surface area contributed by atoms with Crippen molar-refractivity contribution in [1.29, 1.82) is 0 Å². The van der Waals surface area contributed by atoms with Crippen molar-refractivity contribution in [2.75, 3.05) is 6.54 Å². The fraction of sp³-hybridized carbons (Fsp3) is 0.588. The van der Waals surface area contributed by atoms with Crippen molar-refractivity contribution in [3.63, 3.8) is 0 Å². The van der Waals surface area contributed by atoms with Gasteiger partial charge >= 0.3 is 0 Å². The van der Waals surface area contributed by atoms with Gasteiger partial charge in [-0.2, -0.15) is 0 Å². The number of fused-ring (bicyclic) bond motifs is 1. The Morgan fingerprint density at radius 3 is 2.81 bits per heavy atom. The molecule has 4 heteroatoms. The van der Waals surface area contributed by atoms with Crippen molar-refractivity contribution in [3.8, 4) is 0 Å². The molecule has 0 saturated carbocycles. The molecule has 0 aromatic heterocycles. The van der Waals surface area contributed by atoms with Crippen LogP contribution in [-0.4, -0.2) is 23.2 Å². The van der Waals surface area contributed by atoms with Crippen molar-refractivity contribution in [1.82, 2.24) is 5.32 Å². The van der Waals surface area contributed by atoms with Crippen molar-refractivity contribution in [3.05, 3.63) is 29.3 Å². The monoisotopic (exact) mass is 306 g/mol. The quantitative estimate of drug-likeness (QED) is 0.762. The van der Waals surface area contributed by atoms with E-state index in [1.165, 1.54) is 35.3 Å². The summed E-state index contributed by atoms with van der Waals surface area (Å²) in [5, 5.41) is 3.56. The number of thioether (sulfide) groups is 1. The summed E-state index contributed by atoms with van der Waals surface area (Å²) < 4.78 is 0. The number of hydrogen-bond donors (Lipinski definition) is 2. The maximum absolute atomic E-state index is 11.7. The topological polar surface area (TPSA) is 55.1 Å². The van der Waals surface area contributed by atoms with Crippen LogP contribution in [0.5, 0.6) is 0 Å². The second-order valence-corrected chi connectivity index (χ2v) is 7.66. The average Bonchev–Trinajstić information content (AvgIpc) is 2.85. The molecule has 2 atom stereocenters. The first kappa shape index (κ1) is 16.4. The maximum Gasteiger partial charge on any atom is 0.237 e. The van der Waals surface area contributed by atoms with Crippen LogP contribution in [0.4, 0.5) is 0 Å². The molecular weight excluding hydrogens is 280 g/mol. The van der Waals surface area contributed by atoms with Gasteiger partial charge in [0, 0.05) is 10.1 Å². The number of carbonyl (C=O) groups excluding carboxylic acids is 1. The number of amides is 1. The largest absolute Gasteiger partial charge is 0.368 e. The van der Waals surface area contributed by atoms with Gasteiger partial charge in [0.05, 0.1) is 5.54 Å². The Bertz CT molecular complexity index is 518. The van der Waals surface area contributed by atoms with Crippen LogP contribution in [0.15, 0.2) is 23.1 Å². The molecule has 0 saturated heterocycles. The van der Waals surface area contributed by atoms with Crippen molar-refractivity contribution >= 4 is 17.7 Å². The lowest BCUT2D eigenvalue weighted by Crippen LogP contribution is -2.54. The minimum absolute atomic E-state index is 0.272. The smallest absolute Gasteiger partial charge is 0.237 e. The number of nitrogens with one attached hydrogen (secondary N) is 1. The van der Waals surface area contributed by atoms with E-state index in [1.807, 2.05) is 25.6 Å². The fourth-order valence-electron chi connectivity index (χ4n) is 3.12. The van der Waals surface area contributed by atoms with Crippen LogP contribution in [-0.2, 0) is 17.6 Å². The molecule has 2 rings (SSSR count). The number of benzene rings is 1. The molecule has 0 bridgehead atoms. The molecule has 1 aromatic rings. The molecule has 0 heterocycles. The minimum atomic E-state index is -0.627. The second-order valence-electron chi connectivity index (χ2n) is 6.14. The Hall–Kier alpha value is -1.00. The Kier molecular flexibility index (Phi) is 5.33. The van der Waals surface area contributed by atoms with Crippen LogP contribution in [0.3, 0.4) is 0 Å². The van der Waals surface area contributed by atoms with E-state index in [0.29, 0.717) is 5.25 Å². The molecule has 1 aliphatic rings. The third-order valence-electron chi connectivity index (χ3n) is 4.21. The van der Waals surface area contributed by atoms with Crippen LogP contribution >= 0.6 is 11.8 Å². The average molecular weight is 306 g/mol. The lowest BCUT2D eigenvalue weighted by Gasteiger charge is -2.29. The van der Waals surface area contributed by atoms with Crippen LogP contribution in [0, 0.1) is 0 Å². The Balaban J connectivity index is 2.00. The fourth-order valence-corrected chi connectivity index (χ4v) is 4.36. The predicted molar refractivity (Wildman–Crippen MR) is 89.7 cm³/mol. The summed E-state index contributed by atoms with van der Waals surface area (Å²) in [6.07, 6.45) is 4.43. The lowest BCUT2D eigenvalue weighted by atomic mass is 9.95. The van der Waals surface area contributed by atoms with Crippen LogP contribution in [0.25, 0.3) is 0 Å². The molecular formula is C17H26N2OS. The summed E-state index contributed by atoms with van der Waals surface area (Å²) >= 11 is 1.83. The van der Waals surface area contributed by atoms with Gasteiger partial charge in [0.2, 0.25) is 5.91 Å². The molecule has 3 nitrogen and oxygen atoms in total. The zero-order valence-electron chi connectivity index (χ0n) is 13.2. The molecule has 3 N–H and O–H groups in total. The Morgan fingerprint density at radius 2 is 2.14 bits per heavy atom. The standard InChI is InChI=1S/C17H26N2OS/c1-4-19-17(3,16(18)20)11-12(2)21-15-9-8-13-6-5-7-14(13)10-15/h8-10,12,19H,4-7,11H2,1-3H3,(H2,18,20). The molecule has 0 spiro atoms. The molecule has 0 radical (unpaired) electrons. The number of primary amides is 1. The lowest BCUT2D eigenvalue weighted by molar-refractivity contribution is -0.124. The van der Waals surface area contributed by atoms with E-state index < -0.39 is 5.54 Å². The first-order valence-electron chi connectivity index (χ1n) is 7.78. The van der Waals surface area contributed by atoms with Gasteiger partial charge in [0.25, 0.3) is 0 Å². The van der Waals surface area contributed by atoms with Crippen molar-refractivity contribution in [2.24, 2.45) is 5.73 Å². The number of nitrogens with two attached hydrogens (primary N) is 1. The predicted octanol–water partition coefficient (Wildman–Crippen LogP) is 2.90. The summed E-state index contributed by atoms with van der Waals surface area (Å²) in [6.45, 7) is 6.81. The van der Waals surface area contributed by atoms with Gasteiger partial charge in [-0.3, -0.25) is 4.79 Å². The maximum atomic E-state index is 11.7. The summed E-state index contributed by atoms with van der Waals surface area (Å²) in [6, 6.07) is 6.79. The Morgan fingerprint density at radius 1 is 1.43 bits per heavy atom. The molecule has 2 unspecified atom stereocenters. The van der Waals surface area contributed by atoms with E-state index >= 15 is 0 Å². The molecule has 1 aliphatic carbocycles. The Labute approximate surface area is 132 Å². The summed E-state index contributed by atoms with van der Waals surface area (Å²) in [4.78, 5) is 13.0. The van der Waals surface area contributed by atoms with E-state index in [9.17, 15) is 4.79 Å². The van der Waals surface area contributed by atoms with E-state index in [4.69, 9.17) is 5.73 Å². The highest BCUT2D eigenvalue weighted by Crippen LogP contribution is 2.32. The van der Waals surface area contributed by atoms with Gasteiger partial charge < -0.3 is 11.1 Å². The van der Waals surface area contributed by atoms with Gasteiger partial charge in [-0.1, -0.05) is 19.9 Å². The molecule has 21 heavy (non-hydrogen) atoms. The van der Waals surface area contributed by atoms with Crippen LogP contribution in [0.1, 0.15) is 44.7 Å². The number of hydrogen-bond acceptors (Lipinski definition) is 3. The summed E-state index contributed by atoms with van der Waals surface area (Å²) in [7, 11) is 0. The van der Waals surface area contributed by atoms with Crippen molar-refractivity contribution in [2.45, 2.75) is 62.1 Å². The third kappa shape index (κ3) is 4.01. The van der Waals surface area contributed by atoms with Gasteiger partial charge in [0.1, 0.15) is 0 Å². The minimum Gasteiger partial charge on any atom is -0.368 e. The zero-order valence-corrected chi connectivity index (χ0v) is 14.1. The molecule has 1 aromatic carbocycles. The van der Waals surface area contributed by atoms with E-state index in [0.717, 1.165) is 13.0 Å². The second kappa shape index (κ2) is 6.84. The molecule has 1 amide bonds. The normalized spacial score (nSPS) is 18.0. The van der Waals surface area contributed by atoms with Gasteiger partial charge in [-0.05, 0) is 62.4 Å². The molecule has 0 fully saturated rings. The van der Waals surface area contributed by atoms with E-state index in [1.54, 1.807) is 0 Å². The van der Waals surface area contributed by atoms with Gasteiger partial charge in [-0.25, -0.2) is 0 Å². The summed E-state index contributed by atoms with van der Waals surface area (Å²) in [5.74, 6) is -0.272. The first-order valence-corrected chi connectivity index (χ1v) is 8.66. The number of likely N-dealkylation sites (N-methyl/N-ethyl adjacent to an activating group) is 1. The number of aryl methyl sites for hydroxylation is 2. The van der Waals surface area contributed by atoms with Crippen LogP contribution in [0.2, 0.25) is 0 Å². The first-order chi connectivity index (χ1) is 9.94. The SMILES string of the molecule is CCNC(C)(CC(C)Sc1ccc2c(c1)CCC2)C(N)=O. The zero-order chi connectivity index (χ0) is 15.5. The van der Waals surface area contributed by atoms with E-state index in [2.05, 4.69) is 30.4 Å². The highest BCUT2D eigenvalue weighted by molar-refractivity contribution is 8.00. The third-order valence-corrected chi connectivity index (χ3v) is 5.31. The van der Waals surface area contributed by atoms with E-state index in [-0.39, 0.29) is 5.91 Å². The van der Waals surface area contributed by atoms with Crippen molar-refractivity contribution < 1.29 is 4.79 Å². The molecule has 116 valence electrons.